The fourth-order valence-electron chi connectivity index (χ4n) is 3.37. The molecule has 0 aliphatic carbocycles. The summed E-state index contributed by atoms with van der Waals surface area (Å²) in [4.78, 5) is 35.1. The van der Waals surface area contributed by atoms with Crippen LogP contribution in [-0.2, 0) is 20.4 Å². The molecule has 2 aromatic rings. The second kappa shape index (κ2) is 12.1. The Hall–Kier alpha value is -2.97. The first-order chi connectivity index (χ1) is 16.7. The van der Waals surface area contributed by atoms with E-state index in [1.807, 2.05) is 0 Å². The molecule has 192 valence electrons. The smallest absolute Gasteiger partial charge is 0.382 e. The van der Waals surface area contributed by atoms with Gasteiger partial charge in [0.25, 0.3) is 5.56 Å². The van der Waals surface area contributed by atoms with E-state index in [0.29, 0.717) is 31.9 Å². The van der Waals surface area contributed by atoms with E-state index in [1.54, 1.807) is 9.80 Å². The summed E-state index contributed by atoms with van der Waals surface area (Å²) in [5.74, 6) is 0.0944. The minimum Gasteiger partial charge on any atom is -0.382 e. The van der Waals surface area contributed by atoms with Crippen LogP contribution in [0.1, 0.15) is 12.0 Å². The van der Waals surface area contributed by atoms with Gasteiger partial charge in [0, 0.05) is 45.7 Å². The number of aromatic nitrogens is 4. The van der Waals surface area contributed by atoms with Crippen molar-refractivity contribution in [2.45, 2.75) is 18.6 Å². The van der Waals surface area contributed by atoms with E-state index in [1.165, 1.54) is 13.3 Å². The highest BCUT2D eigenvalue weighted by molar-refractivity contribution is 6.32. The van der Waals surface area contributed by atoms with Crippen molar-refractivity contribution in [1.82, 2.24) is 25.1 Å². The van der Waals surface area contributed by atoms with E-state index in [9.17, 15) is 22.8 Å². The van der Waals surface area contributed by atoms with Gasteiger partial charge in [0.05, 0.1) is 49.7 Å². The maximum absolute atomic E-state index is 12.7. The summed E-state index contributed by atoms with van der Waals surface area (Å²) in [5.41, 5.74) is -1.09. The van der Waals surface area contributed by atoms with Crippen LogP contribution in [0, 0.1) is 0 Å². The number of aromatic amines is 1. The second-order valence-electron chi connectivity index (χ2n) is 7.69. The van der Waals surface area contributed by atoms with Crippen LogP contribution in [0.15, 0.2) is 23.4 Å². The van der Waals surface area contributed by atoms with Crippen LogP contribution in [0.5, 0.6) is 0 Å². The lowest BCUT2D eigenvalue weighted by atomic mass is 10.3. The van der Waals surface area contributed by atoms with Crippen molar-refractivity contribution < 1.29 is 27.4 Å². The minimum absolute atomic E-state index is 0.0304. The van der Waals surface area contributed by atoms with Crippen molar-refractivity contribution in [3.8, 4) is 0 Å². The highest BCUT2D eigenvalue weighted by atomic mass is 35.5. The first kappa shape index (κ1) is 26.6. The molecule has 0 bridgehead atoms. The third-order valence-corrected chi connectivity index (χ3v) is 5.56. The van der Waals surface area contributed by atoms with Gasteiger partial charge in [0.15, 0.2) is 0 Å². The Kier molecular flexibility index (Phi) is 9.23. The molecular weight excluding hydrogens is 495 g/mol. The van der Waals surface area contributed by atoms with E-state index in [-0.39, 0.29) is 49.2 Å². The van der Waals surface area contributed by atoms with Crippen molar-refractivity contribution >= 4 is 29.1 Å². The summed E-state index contributed by atoms with van der Waals surface area (Å²) >= 11 is 5.97. The Morgan fingerprint density at radius 2 is 1.89 bits per heavy atom. The van der Waals surface area contributed by atoms with Crippen LogP contribution in [0.25, 0.3) is 0 Å². The number of anilines is 2. The minimum atomic E-state index is -4.49. The summed E-state index contributed by atoms with van der Waals surface area (Å²) in [6.45, 7) is 2.24. The molecule has 0 saturated carbocycles. The topological polar surface area (TPSA) is 126 Å². The Morgan fingerprint density at radius 1 is 1.20 bits per heavy atom. The van der Waals surface area contributed by atoms with Crippen LogP contribution in [0.4, 0.5) is 24.8 Å². The molecule has 0 aromatic carbocycles. The van der Waals surface area contributed by atoms with E-state index in [4.69, 9.17) is 21.1 Å². The number of methoxy groups -OCH3 is 1. The molecule has 3 heterocycles. The summed E-state index contributed by atoms with van der Waals surface area (Å²) < 4.78 is 48.8. The van der Waals surface area contributed by atoms with Crippen molar-refractivity contribution in [2.24, 2.45) is 0 Å². The Labute approximate surface area is 203 Å². The number of amides is 1. The number of alkyl halides is 3. The predicted molar refractivity (Wildman–Crippen MR) is 120 cm³/mol. The standard InChI is InChI=1S/C20H25ClF3N7O4/c1-34-11-14(28-15-10-27-29-18(33)17(15)21)12-35-7-2-16(32)30-3-5-31(6-4-30)19-25-8-13(9-26-19)20(22,23)24/h8-10,14H,2-7,11-12H2,1H3,(H2,28,29,33). The van der Waals surface area contributed by atoms with Crippen molar-refractivity contribution in [3.05, 3.63) is 39.5 Å². The molecular formula is C20H25ClF3N7O4. The fourth-order valence-corrected chi connectivity index (χ4v) is 3.51. The van der Waals surface area contributed by atoms with Gasteiger partial charge in [-0.3, -0.25) is 9.59 Å². The molecule has 1 atom stereocenters. The SMILES string of the molecule is COCC(COCCC(=O)N1CCN(c2ncc(C(F)(F)F)cn2)CC1)Nc1cn[nH]c(=O)c1Cl. The van der Waals surface area contributed by atoms with Crippen LogP contribution >= 0.6 is 11.6 Å². The quantitative estimate of drug-likeness (QED) is 0.448. The molecule has 0 radical (unpaired) electrons. The fraction of sp³-hybridized carbons (Fsp3) is 0.550. The van der Waals surface area contributed by atoms with Crippen LogP contribution in [0.3, 0.4) is 0 Å². The molecule has 15 heteroatoms. The van der Waals surface area contributed by atoms with Gasteiger partial charge in [0.1, 0.15) is 5.02 Å². The van der Waals surface area contributed by atoms with Gasteiger partial charge in [-0.15, -0.1) is 0 Å². The molecule has 2 N–H and O–H groups in total. The molecule has 1 amide bonds. The zero-order valence-electron chi connectivity index (χ0n) is 18.8. The number of piperazine rings is 1. The Bertz CT molecular complexity index is 1030. The molecule has 1 aliphatic heterocycles. The van der Waals surface area contributed by atoms with Crippen molar-refractivity contribution in [1.29, 1.82) is 0 Å². The average Bonchev–Trinajstić information content (AvgIpc) is 2.84. The first-order valence-electron chi connectivity index (χ1n) is 10.7. The van der Waals surface area contributed by atoms with E-state index in [2.05, 4.69) is 25.5 Å². The van der Waals surface area contributed by atoms with Gasteiger partial charge in [-0.05, 0) is 0 Å². The molecule has 11 nitrogen and oxygen atoms in total. The largest absolute Gasteiger partial charge is 0.419 e. The summed E-state index contributed by atoms with van der Waals surface area (Å²) in [7, 11) is 1.52. The van der Waals surface area contributed by atoms with E-state index in [0.717, 1.165) is 12.4 Å². The lowest BCUT2D eigenvalue weighted by Crippen LogP contribution is -2.49. The number of carbonyl (C=O) groups excluding carboxylic acids is 1. The van der Waals surface area contributed by atoms with Gasteiger partial charge in [-0.1, -0.05) is 11.6 Å². The molecule has 1 saturated heterocycles. The number of halogens is 4. The number of H-pyrrole nitrogens is 1. The molecule has 1 aliphatic rings. The number of nitrogens with zero attached hydrogens (tertiary/aromatic N) is 5. The van der Waals surface area contributed by atoms with Crippen LogP contribution in [-0.4, -0.2) is 90.1 Å². The van der Waals surface area contributed by atoms with Gasteiger partial charge in [-0.2, -0.15) is 18.3 Å². The van der Waals surface area contributed by atoms with Crippen LogP contribution in [0.2, 0.25) is 5.02 Å². The third kappa shape index (κ3) is 7.50. The highest BCUT2D eigenvalue weighted by Gasteiger charge is 2.32. The summed E-state index contributed by atoms with van der Waals surface area (Å²) in [5, 5.41) is 8.93. The van der Waals surface area contributed by atoms with E-state index >= 15 is 0 Å². The molecule has 3 rings (SSSR count). The van der Waals surface area contributed by atoms with Gasteiger partial charge >= 0.3 is 6.18 Å². The highest BCUT2D eigenvalue weighted by Crippen LogP contribution is 2.28. The van der Waals surface area contributed by atoms with Gasteiger partial charge in [-0.25, -0.2) is 15.1 Å². The van der Waals surface area contributed by atoms with E-state index < -0.39 is 17.3 Å². The lowest BCUT2D eigenvalue weighted by molar-refractivity contribution is -0.138. The van der Waals surface area contributed by atoms with Crippen LogP contribution < -0.4 is 15.8 Å². The number of rotatable bonds is 10. The first-order valence-corrected chi connectivity index (χ1v) is 11.0. The predicted octanol–water partition coefficient (Wildman–Crippen LogP) is 1.41. The Morgan fingerprint density at radius 3 is 2.51 bits per heavy atom. The number of hydrogen-bond donors (Lipinski definition) is 2. The number of hydrogen-bond acceptors (Lipinski definition) is 9. The van der Waals surface area contributed by atoms with Gasteiger partial charge < -0.3 is 24.6 Å². The maximum Gasteiger partial charge on any atom is 0.419 e. The average molecular weight is 520 g/mol. The lowest BCUT2D eigenvalue weighted by Gasteiger charge is -2.34. The molecule has 1 fully saturated rings. The normalized spacial score (nSPS) is 15.2. The number of carbonyl (C=O) groups is 1. The Balaban J connectivity index is 1.40. The monoisotopic (exact) mass is 519 g/mol. The van der Waals surface area contributed by atoms with Crippen molar-refractivity contribution in [2.75, 3.05) is 63.3 Å². The molecule has 2 aromatic heterocycles. The maximum atomic E-state index is 12.7. The number of ether oxygens (including phenoxy) is 2. The van der Waals surface area contributed by atoms with Crippen molar-refractivity contribution in [3.63, 3.8) is 0 Å². The molecule has 1 unspecified atom stereocenters. The molecule has 0 spiro atoms. The number of nitrogens with one attached hydrogen (secondary N) is 2. The molecule has 35 heavy (non-hydrogen) atoms. The zero-order chi connectivity index (χ0) is 25.4. The summed E-state index contributed by atoms with van der Waals surface area (Å²) in [6.07, 6.45) is -1.45. The zero-order valence-corrected chi connectivity index (χ0v) is 19.6. The van der Waals surface area contributed by atoms with Gasteiger partial charge in [0.2, 0.25) is 11.9 Å². The third-order valence-electron chi connectivity index (χ3n) is 5.18. The second-order valence-corrected chi connectivity index (χ2v) is 8.06. The summed E-state index contributed by atoms with van der Waals surface area (Å²) in [6, 6.07) is -0.330.